The molecule has 1 rings (SSSR count). The van der Waals surface area contributed by atoms with Crippen molar-refractivity contribution in [3.05, 3.63) is 0 Å². The van der Waals surface area contributed by atoms with Gasteiger partial charge in [0.05, 0.1) is 0 Å². The minimum Gasteiger partial charge on any atom is -0.287 e. The fourth-order valence-corrected chi connectivity index (χ4v) is 3.65. The first-order valence-corrected chi connectivity index (χ1v) is 5.21. The maximum absolute atomic E-state index is 10.5. The molecule has 0 bridgehead atoms. The molecule has 0 aromatic carbocycles. The van der Waals surface area contributed by atoms with Crippen molar-refractivity contribution in [3.63, 3.8) is 0 Å². The molecule has 0 N–H and O–H groups in total. The van der Waals surface area contributed by atoms with E-state index >= 15 is 0 Å². The first-order valence-electron chi connectivity index (χ1n) is 2.28. The van der Waals surface area contributed by atoms with Crippen LogP contribution in [0, 0.1) is 5.92 Å². The maximum atomic E-state index is 10.5. The second-order valence-electron chi connectivity index (χ2n) is 1.60. The van der Waals surface area contributed by atoms with Gasteiger partial charge in [0.2, 0.25) is 0 Å². The van der Waals surface area contributed by atoms with Crippen LogP contribution in [-0.2, 0) is 4.79 Å². The van der Waals surface area contributed by atoms with Gasteiger partial charge in [-0.25, -0.2) is 0 Å². The predicted molar refractivity (Wildman–Crippen MR) is 42.4 cm³/mol. The van der Waals surface area contributed by atoms with Crippen LogP contribution in [0.1, 0.15) is 0 Å². The molecule has 1 aliphatic rings. The summed E-state index contributed by atoms with van der Waals surface area (Å²) in [5.41, 5.74) is 0. The SMILES string of the molecule is O=C(S)C1CSSC1. The molecule has 46 valence electrons. The van der Waals surface area contributed by atoms with Gasteiger partial charge in [-0.2, -0.15) is 0 Å². The fraction of sp³-hybridized carbons (Fsp3) is 0.750. The number of carbonyl (C=O) groups excluding carboxylic acids is 1. The molecule has 1 saturated heterocycles. The van der Waals surface area contributed by atoms with Crippen molar-refractivity contribution in [3.8, 4) is 0 Å². The van der Waals surface area contributed by atoms with E-state index in [-0.39, 0.29) is 11.0 Å². The van der Waals surface area contributed by atoms with Crippen LogP contribution in [0.25, 0.3) is 0 Å². The molecule has 0 radical (unpaired) electrons. The van der Waals surface area contributed by atoms with Crippen LogP contribution in [0.4, 0.5) is 0 Å². The molecule has 0 atom stereocenters. The zero-order valence-electron chi connectivity index (χ0n) is 4.16. The van der Waals surface area contributed by atoms with Gasteiger partial charge >= 0.3 is 0 Å². The molecule has 0 aromatic heterocycles. The minimum atomic E-state index is 0.0440. The summed E-state index contributed by atoms with van der Waals surface area (Å²) in [6.07, 6.45) is 0. The van der Waals surface area contributed by atoms with Crippen LogP contribution in [0.3, 0.4) is 0 Å². The molecule has 0 spiro atoms. The lowest BCUT2D eigenvalue weighted by molar-refractivity contribution is -0.112. The normalized spacial score (nSPS) is 21.6. The van der Waals surface area contributed by atoms with E-state index in [1.807, 2.05) is 0 Å². The van der Waals surface area contributed by atoms with Crippen LogP contribution in [0.2, 0.25) is 0 Å². The summed E-state index contributed by atoms with van der Waals surface area (Å²) < 4.78 is 0. The van der Waals surface area contributed by atoms with Crippen molar-refractivity contribution in [2.24, 2.45) is 5.92 Å². The molecule has 0 unspecified atom stereocenters. The minimum absolute atomic E-state index is 0.0440. The molecule has 0 amide bonds. The van der Waals surface area contributed by atoms with E-state index < -0.39 is 0 Å². The fourth-order valence-electron chi connectivity index (χ4n) is 0.451. The standard InChI is InChI=1S/C4H6OS3/c5-4(6)3-1-7-8-2-3/h3H,1-2H2,(H,5,6). The lowest BCUT2D eigenvalue weighted by Crippen LogP contribution is -2.08. The molecule has 0 aromatic rings. The van der Waals surface area contributed by atoms with Gasteiger partial charge < -0.3 is 0 Å². The van der Waals surface area contributed by atoms with Gasteiger partial charge in [-0.15, -0.1) is 12.6 Å². The molecule has 1 heterocycles. The smallest absolute Gasteiger partial charge is 0.190 e. The molecule has 1 aliphatic heterocycles. The van der Waals surface area contributed by atoms with E-state index in [9.17, 15) is 4.79 Å². The molecule has 1 fully saturated rings. The van der Waals surface area contributed by atoms with Crippen LogP contribution in [0.15, 0.2) is 0 Å². The lowest BCUT2D eigenvalue weighted by Gasteiger charge is -1.95. The van der Waals surface area contributed by atoms with Crippen molar-refractivity contribution in [2.75, 3.05) is 11.5 Å². The van der Waals surface area contributed by atoms with Crippen molar-refractivity contribution >= 4 is 39.3 Å². The molecular weight excluding hydrogens is 160 g/mol. The third kappa shape index (κ3) is 1.60. The Morgan fingerprint density at radius 1 is 1.50 bits per heavy atom. The Balaban J connectivity index is 2.35. The third-order valence-electron chi connectivity index (χ3n) is 0.971. The number of hydrogen-bond donors (Lipinski definition) is 1. The van der Waals surface area contributed by atoms with Gasteiger partial charge in [0.15, 0.2) is 5.12 Å². The highest BCUT2D eigenvalue weighted by atomic mass is 33.1. The van der Waals surface area contributed by atoms with Crippen LogP contribution >= 0.6 is 34.2 Å². The van der Waals surface area contributed by atoms with Gasteiger partial charge in [-0.1, -0.05) is 21.6 Å². The Bertz CT molecular complexity index is 97.5. The first kappa shape index (κ1) is 6.83. The average Bonchev–Trinajstić information content (AvgIpc) is 2.12. The third-order valence-corrected chi connectivity index (χ3v) is 3.90. The summed E-state index contributed by atoms with van der Waals surface area (Å²) in [6, 6.07) is 0. The second-order valence-corrected chi connectivity index (χ2v) is 4.60. The zero-order chi connectivity index (χ0) is 5.98. The van der Waals surface area contributed by atoms with Gasteiger partial charge in [0.25, 0.3) is 0 Å². The quantitative estimate of drug-likeness (QED) is 0.469. The molecule has 0 saturated carbocycles. The summed E-state index contributed by atoms with van der Waals surface area (Å²) >= 11 is 3.73. The van der Waals surface area contributed by atoms with Gasteiger partial charge in [0.1, 0.15) is 0 Å². The topological polar surface area (TPSA) is 17.1 Å². The van der Waals surface area contributed by atoms with E-state index in [1.54, 1.807) is 21.6 Å². The highest BCUT2D eigenvalue weighted by Crippen LogP contribution is 2.35. The summed E-state index contributed by atoms with van der Waals surface area (Å²) in [5, 5.41) is 0.0440. The lowest BCUT2D eigenvalue weighted by atomic mass is 10.2. The molecule has 8 heavy (non-hydrogen) atoms. The zero-order valence-corrected chi connectivity index (χ0v) is 6.69. The summed E-state index contributed by atoms with van der Waals surface area (Å²) in [5.74, 6) is 2.12. The van der Waals surface area contributed by atoms with Gasteiger partial charge in [-0.05, 0) is 0 Å². The number of thiol groups is 1. The van der Waals surface area contributed by atoms with E-state index in [0.717, 1.165) is 11.5 Å². The van der Waals surface area contributed by atoms with Gasteiger partial charge in [-0.3, -0.25) is 4.79 Å². The van der Waals surface area contributed by atoms with Crippen molar-refractivity contribution in [1.29, 1.82) is 0 Å². The van der Waals surface area contributed by atoms with Crippen LogP contribution in [-0.4, -0.2) is 16.6 Å². The molecular formula is C4H6OS3. The molecule has 0 aliphatic carbocycles. The summed E-state index contributed by atoms with van der Waals surface area (Å²) in [7, 11) is 3.51. The van der Waals surface area contributed by atoms with E-state index in [4.69, 9.17) is 0 Å². The predicted octanol–water partition coefficient (Wildman–Crippen LogP) is 1.45. The highest BCUT2D eigenvalue weighted by molar-refractivity contribution is 8.77. The Hall–Kier alpha value is 0.720. The Morgan fingerprint density at radius 3 is 2.25 bits per heavy atom. The average molecular weight is 166 g/mol. The number of carbonyl (C=O) groups is 1. The summed E-state index contributed by atoms with van der Waals surface area (Å²) in [6.45, 7) is 0. The van der Waals surface area contributed by atoms with E-state index in [0.29, 0.717) is 0 Å². The van der Waals surface area contributed by atoms with Crippen molar-refractivity contribution < 1.29 is 4.79 Å². The van der Waals surface area contributed by atoms with Crippen molar-refractivity contribution in [2.45, 2.75) is 0 Å². The Kier molecular flexibility index (Phi) is 2.59. The van der Waals surface area contributed by atoms with E-state index in [1.165, 1.54) is 0 Å². The second kappa shape index (κ2) is 3.03. The Labute approximate surface area is 61.8 Å². The first-order chi connectivity index (χ1) is 3.80. The monoisotopic (exact) mass is 166 g/mol. The van der Waals surface area contributed by atoms with Crippen LogP contribution < -0.4 is 0 Å². The van der Waals surface area contributed by atoms with Crippen molar-refractivity contribution in [1.82, 2.24) is 0 Å². The van der Waals surface area contributed by atoms with E-state index in [2.05, 4.69) is 12.6 Å². The maximum Gasteiger partial charge on any atom is 0.190 e. The highest BCUT2D eigenvalue weighted by Gasteiger charge is 2.20. The largest absolute Gasteiger partial charge is 0.287 e. The number of rotatable bonds is 1. The number of hydrogen-bond acceptors (Lipinski definition) is 3. The summed E-state index contributed by atoms with van der Waals surface area (Å²) in [4.78, 5) is 10.5. The molecule has 1 nitrogen and oxygen atoms in total. The van der Waals surface area contributed by atoms with Gasteiger partial charge in [0, 0.05) is 17.4 Å². The van der Waals surface area contributed by atoms with Crippen LogP contribution in [0.5, 0.6) is 0 Å². The molecule has 4 heteroatoms. The Morgan fingerprint density at radius 2 is 2.00 bits per heavy atom.